The lowest BCUT2D eigenvalue weighted by Crippen LogP contribution is -2.59. The highest BCUT2D eigenvalue weighted by Crippen LogP contribution is 2.33. The number of alkyl carbamates (subject to hydrolysis) is 1. The van der Waals surface area contributed by atoms with E-state index in [1.165, 1.54) is 0 Å². The number of rotatable bonds is 6. The second-order valence-electron chi connectivity index (χ2n) is 14.1. The van der Waals surface area contributed by atoms with Crippen molar-refractivity contribution in [1.82, 2.24) is 29.6 Å². The molecule has 3 aliphatic heterocycles. The van der Waals surface area contributed by atoms with Crippen LogP contribution < -0.4 is 21.2 Å². The molecule has 4 aliphatic rings. The second kappa shape index (κ2) is 12.2. The Morgan fingerprint density at radius 2 is 1.70 bits per heavy atom. The predicted octanol–water partition coefficient (Wildman–Crippen LogP) is 2.21. The van der Waals surface area contributed by atoms with Crippen molar-refractivity contribution in [2.75, 3.05) is 50.7 Å². The summed E-state index contributed by atoms with van der Waals surface area (Å²) < 4.78 is 8.61. The molecule has 1 saturated carbocycles. The summed E-state index contributed by atoms with van der Waals surface area (Å²) >= 11 is 0. The van der Waals surface area contributed by atoms with Gasteiger partial charge in [-0.25, -0.2) is 9.59 Å². The lowest BCUT2D eigenvalue weighted by molar-refractivity contribution is -0.135. The number of anilines is 1. The van der Waals surface area contributed by atoms with Crippen LogP contribution in [0, 0.1) is 5.92 Å². The molecule has 12 nitrogen and oxygen atoms in total. The Bertz CT molecular complexity index is 1450. The maximum absolute atomic E-state index is 13.3. The normalized spacial score (nSPS) is 26.0. The molecule has 6 rings (SSSR count). The Labute approximate surface area is 258 Å². The predicted molar refractivity (Wildman–Crippen MR) is 168 cm³/mol. The Morgan fingerprint density at radius 3 is 2.36 bits per heavy atom. The fourth-order valence-corrected chi connectivity index (χ4v) is 7.41. The number of imide groups is 1. The van der Waals surface area contributed by atoms with Crippen LogP contribution in [0.5, 0.6) is 0 Å². The first kappa shape index (κ1) is 30.6. The summed E-state index contributed by atoms with van der Waals surface area (Å²) in [6, 6.07) is 6.02. The average molecular weight is 610 g/mol. The Morgan fingerprint density at radius 1 is 1.00 bits per heavy atom. The SMILES string of the molecule is Cn1c(=O)n([C@@H]2CCC(=O)NC2=O)c2cccc(N3CCC(CN4CCN(C5CC(NC(=O)OC(C)(C)C)C5)CC4)CC3)c21. The van der Waals surface area contributed by atoms with Crippen molar-refractivity contribution < 1.29 is 19.1 Å². The highest BCUT2D eigenvalue weighted by atomic mass is 16.6. The van der Waals surface area contributed by atoms with Crippen molar-refractivity contribution in [3.05, 3.63) is 28.7 Å². The Kier molecular flexibility index (Phi) is 8.49. The summed E-state index contributed by atoms with van der Waals surface area (Å²) in [5.41, 5.74) is 1.91. The van der Waals surface area contributed by atoms with Crippen molar-refractivity contribution in [3.8, 4) is 0 Å². The van der Waals surface area contributed by atoms with Gasteiger partial charge < -0.3 is 19.9 Å². The van der Waals surface area contributed by atoms with E-state index in [1.807, 2.05) is 32.9 Å². The fourth-order valence-electron chi connectivity index (χ4n) is 7.41. The van der Waals surface area contributed by atoms with Crippen LogP contribution in [0.3, 0.4) is 0 Å². The summed E-state index contributed by atoms with van der Waals surface area (Å²) in [5.74, 6) is -0.0545. The number of amides is 3. The van der Waals surface area contributed by atoms with Crippen molar-refractivity contribution in [1.29, 1.82) is 0 Å². The molecule has 1 atom stereocenters. The van der Waals surface area contributed by atoms with Gasteiger partial charge in [0.15, 0.2) is 0 Å². The molecule has 1 aromatic heterocycles. The largest absolute Gasteiger partial charge is 0.444 e. The van der Waals surface area contributed by atoms with Gasteiger partial charge in [0, 0.05) is 71.4 Å². The number of hydrogen-bond acceptors (Lipinski definition) is 8. The number of imidazole rings is 1. The summed E-state index contributed by atoms with van der Waals surface area (Å²) in [5, 5.41) is 5.40. The summed E-state index contributed by atoms with van der Waals surface area (Å²) in [6.07, 6.45) is 4.43. The van der Waals surface area contributed by atoms with Crippen molar-refractivity contribution in [2.45, 2.75) is 83.0 Å². The van der Waals surface area contributed by atoms with Crippen molar-refractivity contribution >= 4 is 34.6 Å². The van der Waals surface area contributed by atoms with Gasteiger partial charge in [-0.15, -0.1) is 0 Å². The zero-order valence-electron chi connectivity index (χ0n) is 26.5. The summed E-state index contributed by atoms with van der Waals surface area (Å²) in [7, 11) is 1.77. The molecule has 2 aromatic rings. The van der Waals surface area contributed by atoms with Crippen molar-refractivity contribution in [2.24, 2.45) is 13.0 Å². The molecule has 1 aromatic carbocycles. The van der Waals surface area contributed by atoms with Crippen LogP contribution >= 0.6 is 0 Å². The molecule has 0 unspecified atom stereocenters. The summed E-state index contributed by atoms with van der Waals surface area (Å²) in [4.78, 5) is 57.3. The van der Waals surface area contributed by atoms with Crippen LogP contribution in [0.15, 0.2) is 23.0 Å². The van der Waals surface area contributed by atoms with Gasteiger partial charge in [-0.05, 0) is 70.9 Å². The number of nitrogens with zero attached hydrogens (tertiary/aromatic N) is 5. The second-order valence-corrected chi connectivity index (χ2v) is 14.1. The third-order valence-corrected chi connectivity index (χ3v) is 9.83. The van der Waals surface area contributed by atoms with Crippen LogP contribution in [0.1, 0.15) is 65.3 Å². The molecule has 2 N–H and O–H groups in total. The lowest BCUT2D eigenvalue weighted by Gasteiger charge is -2.47. The molecule has 3 amide bonds. The number of nitrogens with one attached hydrogen (secondary N) is 2. The van der Waals surface area contributed by atoms with Crippen LogP contribution in [0.2, 0.25) is 0 Å². The van der Waals surface area contributed by atoms with E-state index in [4.69, 9.17) is 4.74 Å². The van der Waals surface area contributed by atoms with Gasteiger partial charge in [0.05, 0.1) is 16.7 Å². The van der Waals surface area contributed by atoms with E-state index < -0.39 is 17.6 Å². The third-order valence-electron chi connectivity index (χ3n) is 9.83. The number of piperazine rings is 1. The number of aryl methyl sites for hydroxylation is 1. The van der Waals surface area contributed by atoms with Crippen molar-refractivity contribution in [3.63, 3.8) is 0 Å². The van der Waals surface area contributed by atoms with Crippen LogP contribution in [-0.2, 0) is 21.4 Å². The molecule has 4 heterocycles. The van der Waals surface area contributed by atoms with Gasteiger partial charge in [-0.3, -0.25) is 28.9 Å². The highest BCUT2D eigenvalue weighted by Gasteiger charge is 2.37. The average Bonchev–Trinajstić information content (AvgIpc) is 3.20. The van der Waals surface area contributed by atoms with Gasteiger partial charge in [-0.1, -0.05) is 6.07 Å². The van der Waals surface area contributed by atoms with E-state index in [0.717, 1.165) is 88.2 Å². The van der Waals surface area contributed by atoms with E-state index >= 15 is 0 Å². The molecule has 4 fully saturated rings. The standard InChI is InChI=1S/C32H47N7O5/c1-32(2,3)44-30(42)33-22-18-23(19-22)37-16-14-36(15-17-37)20-21-10-12-38(13-11-21)24-6-5-7-25-28(24)35(4)31(43)39(25)26-8-9-27(40)34-29(26)41/h5-7,21-23,26H,8-20H2,1-4H3,(H,33,42)(H,34,40,41)/t22?,23?,26-/m1/s1. The molecule has 12 heteroatoms. The number of piperidine rings is 2. The molecule has 240 valence electrons. The molecule has 3 saturated heterocycles. The zero-order valence-corrected chi connectivity index (χ0v) is 26.5. The summed E-state index contributed by atoms with van der Waals surface area (Å²) in [6.45, 7) is 12.9. The monoisotopic (exact) mass is 609 g/mol. The quantitative estimate of drug-likeness (QED) is 0.479. The maximum atomic E-state index is 13.3. The molecular weight excluding hydrogens is 562 g/mol. The first-order valence-corrected chi connectivity index (χ1v) is 16.2. The zero-order chi connectivity index (χ0) is 31.2. The minimum Gasteiger partial charge on any atom is -0.444 e. The molecule has 44 heavy (non-hydrogen) atoms. The Balaban J connectivity index is 0.990. The number of aromatic nitrogens is 2. The van der Waals surface area contributed by atoms with Gasteiger partial charge in [-0.2, -0.15) is 0 Å². The number of fused-ring (bicyclic) bond motifs is 1. The smallest absolute Gasteiger partial charge is 0.407 e. The number of carbonyl (C=O) groups excluding carboxylic acids is 3. The maximum Gasteiger partial charge on any atom is 0.407 e. The van der Waals surface area contributed by atoms with Gasteiger partial charge >= 0.3 is 11.8 Å². The third kappa shape index (κ3) is 6.37. The first-order valence-electron chi connectivity index (χ1n) is 16.2. The number of para-hydroxylation sites is 1. The molecule has 0 bridgehead atoms. The van der Waals surface area contributed by atoms with E-state index in [0.29, 0.717) is 18.4 Å². The van der Waals surface area contributed by atoms with E-state index in [1.54, 1.807) is 16.2 Å². The van der Waals surface area contributed by atoms with Crippen LogP contribution in [0.25, 0.3) is 11.0 Å². The van der Waals surface area contributed by atoms with E-state index in [9.17, 15) is 19.2 Å². The topological polar surface area (TPSA) is 121 Å². The van der Waals surface area contributed by atoms with Crippen LogP contribution in [-0.4, -0.2) is 100 Å². The number of ether oxygens (including phenoxy) is 1. The van der Waals surface area contributed by atoms with E-state index in [2.05, 4.69) is 31.4 Å². The van der Waals surface area contributed by atoms with Crippen LogP contribution in [0.4, 0.5) is 10.5 Å². The first-order chi connectivity index (χ1) is 21.0. The number of benzene rings is 1. The number of hydrogen-bond donors (Lipinski definition) is 2. The molecule has 1 aliphatic carbocycles. The minimum atomic E-state index is -0.676. The highest BCUT2D eigenvalue weighted by molar-refractivity contribution is 6.00. The lowest BCUT2D eigenvalue weighted by atomic mass is 9.85. The fraction of sp³-hybridized carbons (Fsp3) is 0.688. The van der Waals surface area contributed by atoms with Gasteiger partial charge in [0.1, 0.15) is 11.6 Å². The molecule has 0 spiro atoms. The molecule has 0 radical (unpaired) electrons. The number of carbonyl (C=O) groups is 3. The minimum absolute atomic E-state index is 0.210. The van der Waals surface area contributed by atoms with E-state index in [-0.39, 0.29) is 30.2 Å². The Hall–Kier alpha value is -3.38. The van der Waals surface area contributed by atoms with Gasteiger partial charge in [0.25, 0.3) is 0 Å². The molecular formula is C32H47N7O5. The van der Waals surface area contributed by atoms with Gasteiger partial charge in [0.2, 0.25) is 11.8 Å².